The van der Waals surface area contributed by atoms with E-state index in [4.69, 9.17) is 11.5 Å². The zero-order chi connectivity index (χ0) is 18.6. The molecule has 7 nitrogen and oxygen atoms in total. The maximum atomic E-state index is 13.6. The first-order chi connectivity index (χ1) is 11.8. The van der Waals surface area contributed by atoms with E-state index in [-0.39, 0.29) is 11.5 Å². The zero-order valence-electron chi connectivity index (χ0n) is 14.5. The summed E-state index contributed by atoms with van der Waals surface area (Å²) in [4.78, 5) is 8.40. The predicted octanol–water partition coefficient (Wildman–Crippen LogP) is 2.62. The summed E-state index contributed by atoms with van der Waals surface area (Å²) < 4.78 is 13.6. The minimum atomic E-state index is -0.645. The minimum absolute atomic E-state index is 0.186. The number of halogens is 1. The van der Waals surface area contributed by atoms with Crippen molar-refractivity contribution in [3.63, 3.8) is 0 Å². The first-order valence-corrected chi connectivity index (χ1v) is 7.64. The number of nitrogens with zero attached hydrogens (tertiary/aromatic N) is 4. The Kier molecular flexibility index (Phi) is 5.53. The second kappa shape index (κ2) is 7.61. The van der Waals surface area contributed by atoms with Gasteiger partial charge in [0.05, 0.1) is 18.4 Å². The first-order valence-electron chi connectivity index (χ1n) is 7.64. The quantitative estimate of drug-likeness (QED) is 0.550. The number of nitrogens with two attached hydrogens (primary N) is 2. The number of nitrogen functional groups attached to an aromatic ring is 1. The maximum Gasteiger partial charge on any atom is 0.166 e. The van der Waals surface area contributed by atoms with Crippen molar-refractivity contribution in [2.45, 2.75) is 20.4 Å². The van der Waals surface area contributed by atoms with Gasteiger partial charge >= 0.3 is 0 Å². The van der Waals surface area contributed by atoms with Crippen LogP contribution in [0.2, 0.25) is 0 Å². The average Bonchev–Trinajstić information content (AvgIpc) is 2.53. The fourth-order valence-electron chi connectivity index (χ4n) is 2.27. The summed E-state index contributed by atoms with van der Waals surface area (Å²) >= 11 is 0. The van der Waals surface area contributed by atoms with Gasteiger partial charge in [0.1, 0.15) is 5.82 Å². The topological polar surface area (TPSA) is 105 Å². The number of aromatic nitrogens is 2. The van der Waals surface area contributed by atoms with Gasteiger partial charge < -0.3 is 16.8 Å². The van der Waals surface area contributed by atoms with E-state index in [2.05, 4.69) is 27.0 Å². The minimum Gasteiger partial charge on any atom is -0.399 e. The molecule has 0 amide bonds. The van der Waals surface area contributed by atoms with Gasteiger partial charge in [-0.3, -0.25) is 9.99 Å². The number of rotatable bonds is 6. The lowest BCUT2D eigenvalue weighted by Gasteiger charge is -2.16. The lowest BCUT2D eigenvalue weighted by Crippen LogP contribution is -2.12. The van der Waals surface area contributed by atoms with Gasteiger partial charge in [0.25, 0.3) is 0 Å². The lowest BCUT2D eigenvalue weighted by molar-refractivity contribution is 0.347. The molecule has 0 radical (unpaired) electrons. The molecule has 0 fully saturated rings. The van der Waals surface area contributed by atoms with E-state index in [1.807, 2.05) is 27.0 Å². The van der Waals surface area contributed by atoms with E-state index in [0.717, 1.165) is 11.3 Å². The van der Waals surface area contributed by atoms with Gasteiger partial charge in [-0.15, -0.1) is 0 Å². The van der Waals surface area contributed by atoms with Crippen LogP contribution in [0.1, 0.15) is 23.7 Å². The number of hydrazone groups is 1. The van der Waals surface area contributed by atoms with Crippen LogP contribution in [0.15, 0.2) is 30.0 Å². The van der Waals surface area contributed by atoms with Crippen molar-refractivity contribution in [1.29, 1.82) is 0 Å². The van der Waals surface area contributed by atoms with Gasteiger partial charge in [-0.2, -0.15) is 5.10 Å². The van der Waals surface area contributed by atoms with Gasteiger partial charge in [0.15, 0.2) is 11.6 Å². The molecule has 0 saturated carbocycles. The number of aryl methyl sites for hydroxylation is 1. The molecule has 0 aliphatic heterocycles. The monoisotopic (exact) mass is 343 g/mol. The molecule has 0 aliphatic rings. The highest BCUT2D eigenvalue weighted by molar-refractivity contribution is 5.75. The summed E-state index contributed by atoms with van der Waals surface area (Å²) in [5.41, 5.74) is 14.4. The van der Waals surface area contributed by atoms with Gasteiger partial charge in [-0.25, -0.2) is 9.37 Å². The van der Waals surface area contributed by atoms with Crippen LogP contribution < -0.4 is 16.8 Å². The van der Waals surface area contributed by atoms with E-state index in [0.29, 0.717) is 23.6 Å². The molecule has 0 aromatic carbocycles. The summed E-state index contributed by atoms with van der Waals surface area (Å²) in [6.45, 7) is 8.01. The SMILES string of the molecule is C=C(N)c1cc(F)c(N)nc1Nc1cnc(C)c(CN(C)/N=C\C)c1. The van der Waals surface area contributed by atoms with Crippen LogP contribution in [0, 0.1) is 12.7 Å². The number of nitrogens with one attached hydrogen (secondary N) is 1. The Bertz CT molecular complexity index is 817. The standard InChI is InChI=1S/C17H22FN7/c1-5-22-25(4)9-12-6-13(8-21-11(12)3)23-17-14(10(2)19)7-15(18)16(20)24-17/h5-8H,2,9,19H2,1,3-4H3,(H3,20,23,24)/b22-5-. The maximum absolute atomic E-state index is 13.6. The van der Waals surface area contributed by atoms with Gasteiger partial charge in [0, 0.05) is 30.2 Å². The summed E-state index contributed by atoms with van der Waals surface area (Å²) in [7, 11) is 1.87. The van der Waals surface area contributed by atoms with Crippen LogP contribution in [0.3, 0.4) is 0 Å². The van der Waals surface area contributed by atoms with Crippen molar-refractivity contribution in [3.8, 4) is 0 Å². The lowest BCUT2D eigenvalue weighted by atomic mass is 10.1. The molecule has 2 heterocycles. The largest absolute Gasteiger partial charge is 0.399 e. The first kappa shape index (κ1) is 18.2. The van der Waals surface area contributed by atoms with Crippen LogP contribution in [0.4, 0.5) is 21.7 Å². The third-order valence-electron chi connectivity index (χ3n) is 3.52. The highest BCUT2D eigenvalue weighted by atomic mass is 19.1. The van der Waals surface area contributed by atoms with Crippen LogP contribution in [0.25, 0.3) is 5.70 Å². The van der Waals surface area contributed by atoms with Crippen LogP contribution >= 0.6 is 0 Å². The second-order valence-corrected chi connectivity index (χ2v) is 5.56. The molecular weight excluding hydrogens is 321 g/mol. The molecule has 5 N–H and O–H groups in total. The molecule has 0 saturated heterocycles. The zero-order valence-corrected chi connectivity index (χ0v) is 14.5. The van der Waals surface area contributed by atoms with E-state index < -0.39 is 5.82 Å². The Morgan fingerprint density at radius 1 is 1.48 bits per heavy atom. The Hall–Kier alpha value is -3.16. The molecule has 2 aromatic rings. The number of pyridine rings is 2. The van der Waals surface area contributed by atoms with E-state index in [9.17, 15) is 4.39 Å². The van der Waals surface area contributed by atoms with Crippen molar-refractivity contribution in [2.24, 2.45) is 10.8 Å². The third kappa shape index (κ3) is 4.43. The smallest absolute Gasteiger partial charge is 0.166 e. The Morgan fingerprint density at radius 2 is 2.20 bits per heavy atom. The summed E-state index contributed by atoms with van der Waals surface area (Å²) in [6, 6.07) is 3.13. The highest BCUT2D eigenvalue weighted by Gasteiger charge is 2.12. The summed E-state index contributed by atoms with van der Waals surface area (Å²) in [5.74, 6) is -0.540. The fraction of sp³-hybridized carbons (Fsp3) is 0.235. The normalized spacial score (nSPS) is 10.9. The molecular formula is C17H22FN7. The average molecular weight is 343 g/mol. The molecule has 0 unspecified atom stereocenters. The van der Waals surface area contributed by atoms with Crippen molar-refractivity contribution < 1.29 is 4.39 Å². The molecule has 8 heteroatoms. The molecule has 132 valence electrons. The van der Waals surface area contributed by atoms with Crippen molar-refractivity contribution in [1.82, 2.24) is 15.0 Å². The number of hydrogen-bond acceptors (Lipinski definition) is 7. The van der Waals surface area contributed by atoms with E-state index >= 15 is 0 Å². The summed E-state index contributed by atoms with van der Waals surface area (Å²) in [6.07, 6.45) is 3.38. The summed E-state index contributed by atoms with van der Waals surface area (Å²) in [5, 5.41) is 9.07. The third-order valence-corrected chi connectivity index (χ3v) is 3.52. The molecule has 0 atom stereocenters. The molecule has 0 bridgehead atoms. The number of anilines is 3. The van der Waals surface area contributed by atoms with Crippen LogP contribution in [0.5, 0.6) is 0 Å². The van der Waals surface area contributed by atoms with Crippen molar-refractivity contribution in [3.05, 3.63) is 47.5 Å². The van der Waals surface area contributed by atoms with E-state index in [1.54, 1.807) is 17.4 Å². The second-order valence-electron chi connectivity index (χ2n) is 5.56. The fourth-order valence-corrected chi connectivity index (χ4v) is 2.27. The van der Waals surface area contributed by atoms with Crippen molar-refractivity contribution in [2.75, 3.05) is 18.1 Å². The predicted molar refractivity (Wildman–Crippen MR) is 99.7 cm³/mol. The van der Waals surface area contributed by atoms with Gasteiger partial charge in [-0.1, -0.05) is 6.58 Å². The molecule has 25 heavy (non-hydrogen) atoms. The molecule has 2 rings (SSSR count). The number of hydrogen-bond donors (Lipinski definition) is 3. The Morgan fingerprint density at radius 3 is 2.84 bits per heavy atom. The molecule has 0 spiro atoms. The van der Waals surface area contributed by atoms with Gasteiger partial charge in [-0.05, 0) is 31.5 Å². The Labute approximate surface area is 146 Å². The molecule has 2 aromatic heterocycles. The molecule has 0 aliphatic carbocycles. The Balaban J connectivity index is 2.35. The van der Waals surface area contributed by atoms with Crippen LogP contribution in [-0.2, 0) is 6.54 Å². The van der Waals surface area contributed by atoms with Crippen molar-refractivity contribution >= 4 is 29.2 Å². The highest BCUT2D eigenvalue weighted by Crippen LogP contribution is 2.26. The van der Waals surface area contributed by atoms with Gasteiger partial charge in [0.2, 0.25) is 0 Å². The van der Waals surface area contributed by atoms with E-state index in [1.165, 1.54) is 6.07 Å². The van der Waals surface area contributed by atoms with Crippen LogP contribution in [-0.4, -0.2) is 28.2 Å².